The number of carbonyl (C=O) groups excluding carboxylic acids is 1. The lowest BCUT2D eigenvalue weighted by Crippen LogP contribution is -2.20. The minimum absolute atomic E-state index is 0.0798. The van der Waals surface area contributed by atoms with E-state index in [0.29, 0.717) is 28.3 Å². The third-order valence-electron chi connectivity index (χ3n) is 4.06. The Morgan fingerprint density at radius 1 is 1.11 bits per heavy atom. The zero-order valence-electron chi connectivity index (χ0n) is 15.7. The van der Waals surface area contributed by atoms with E-state index in [1.807, 2.05) is 30.3 Å². The van der Waals surface area contributed by atoms with Crippen molar-refractivity contribution in [3.63, 3.8) is 0 Å². The molecular weight excluding hydrogens is 364 g/mol. The second-order valence-corrected chi connectivity index (χ2v) is 7.29. The number of fused-ring (bicyclic) bond motifs is 1. The highest BCUT2D eigenvalue weighted by Crippen LogP contribution is 2.36. The van der Waals surface area contributed by atoms with Crippen molar-refractivity contribution in [3.8, 4) is 17.2 Å². The molecule has 0 bridgehead atoms. The molecule has 0 spiro atoms. The van der Waals surface area contributed by atoms with Gasteiger partial charge in [-0.2, -0.15) is 0 Å². The molecule has 6 nitrogen and oxygen atoms in total. The Hall–Kier alpha value is -2.80. The standard InChI is InChI=1S/C20H22N2O4S/c1-12(2)13-5-7-14(8-6-13)26-11-19(23)22-20-21-15-9-16(24-3)17(25-4)10-18(15)27-20/h5-10,12H,11H2,1-4H3,(H,21,22,23). The molecule has 0 saturated carbocycles. The Balaban J connectivity index is 1.63. The van der Waals surface area contributed by atoms with Crippen LogP contribution in [0.2, 0.25) is 0 Å². The van der Waals surface area contributed by atoms with Gasteiger partial charge in [0.15, 0.2) is 23.2 Å². The van der Waals surface area contributed by atoms with Crippen LogP contribution in [0.1, 0.15) is 25.3 Å². The monoisotopic (exact) mass is 386 g/mol. The van der Waals surface area contributed by atoms with Crippen molar-refractivity contribution in [2.45, 2.75) is 19.8 Å². The molecule has 3 aromatic rings. The number of benzene rings is 2. The maximum absolute atomic E-state index is 12.2. The molecule has 27 heavy (non-hydrogen) atoms. The number of ether oxygens (including phenoxy) is 3. The number of nitrogens with one attached hydrogen (secondary N) is 1. The number of carbonyl (C=O) groups is 1. The summed E-state index contributed by atoms with van der Waals surface area (Å²) >= 11 is 1.37. The Kier molecular flexibility index (Phi) is 5.81. The number of nitrogens with zero attached hydrogens (tertiary/aromatic N) is 1. The minimum Gasteiger partial charge on any atom is -0.493 e. The van der Waals surface area contributed by atoms with Crippen LogP contribution in [0, 0.1) is 0 Å². The average molecular weight is 386 g/mol. The van der Waals surface area contributed by atoms with Crippen LogP contribution in [-0.2, 0) is 4.79 Å². The highest BCUT2D eigenvalue weighted by atomic mass is 32.1. The SMILES string of the molecule is COc1cc2nc(NC(=O)COc3ccc(C(C)C)cc3)sc2cc1OC. The van der Waals surface area contributed by atoms with E-state index in [2.05, 4.69) is 24.1 Å². The molecule has 0 atom stereocenters. The second-order valence-electron chi connectivity index (χ2n) is 6.25. The molecule has 7 heteroatoms. The van der Waals surface area contributed by atoms with E-state index in [1.54, 1.807) is 20.3 Å². The van der Waals surface area contributed by atoms with E-state index in [0.717, 1.165) is 10.2 Å². The van der Waals surface area contributed by atoms with E-state index in [1.165, 1.54) is 16.9 Å². The maximum atomic E-state index is 12.2. The van der Waals surface area contributed by atoms with Gasteiger partial charge in [-0.3, -0.25) is 10.1 Å². The van der Waals surface area contributed by atoms with Gasteiger partial charge in [0.25, 0.3) is 5.91 Å². The van der Waals surface area contributed by atoms with Crippen LogP contribution in [0.5, 0.6) is 17.2 Å². The third kappa shape index (κ3) is 4.49. The first-order valence-corrected chi connectivity index (χ1v) is 9.37. The predicted molar refractivity (Wildman–Crippen MR) is 107 cm³/mol. The molecule has 0 unspecified atom stereocenters. The Labute approximate surface area is 162 Å². The lowest BCUT2D eigenvalue weighted by atomic mass is 10.0. The number of rotatable bonds is 7. The van der Waals surface area contributed by atoms with Crippen molar-refractivity contribution < 1.29 is 19.0 Å². The van der Waals surface area contributed by atoms with Crippen molar-refractivity contribution in [2.24, 2.45) is 0 Å². The molecule has 1 amide bonds. The molecule has 0 aliphatic rings. The molecule has 1 aromatic heterocycles. The van der Waals surface area contributed by atoms with Crippen molar-refractivity contribution in [1.29, 1.82) is 0 Å². The summed E-state index contributed by atoms with van der Waals surface area (Å²) in [6.45, 7) is 4.18. The van der Waals surface area contributed by atoms with Gasteiger partial charge in [-0.25, -0.2) is 4.98 Å². The average Bonchev–Trinajstić information content (AvgIpc) is 3.06. The molecule has 0 fully saturated rings. The van der Waals surface area contributed by atoms with Gasteiger partial charge in [-0.1, -0.05) is 37.3 Å². The molecule has 142 valence electrons. The molecule has 0 aliphatic heterocycles. The molecule has 1 N–H and O–H groups in total. The molecule has 0 aliphatic carbocycles. The van der Waals surface area contributed by atoms with Gasteiger partial charge in [0.1, 0.15) is 5.75 Å². The zero-order chi connectivity index (χ0) is 19.4. The van der Waals surface area contributed by atoms with E-state index in [-0.39, 0.29) is 12.5 Å². The number of amides is 1. The van der Waals surface area contributed by atoms with Crippen molar-refractivity contribution in [1.82, 2.24) is 4.98 Å². The number of aromatic nitrogens is 1. The molecule has 2 aromatic carbocycles. The van der Waals surface area contributed by atoms with Crippen LogP contribution in [0.15, 0.2) is 36.4 Å². The molecule has 0 radical (unpaired) electrons. The highest BCUT2D eigenvalue weighted by molar-refractivity contribution is 7.22. The smallest absolute Gasteiger partial charge is 0.264 e. The summed E-state index contributed by atoms with van der Waals surface area (Å²) in [7, 11) is 3.15. The summed E-state index contributed by atoms with van der Waals surface area (Å²) in [6.07, 6.45) is 0. The summed E-state index contributed by atoms with van der Waals surface area (Å²) in [6, 6.07) is 11.4. The number of anilines is 1. The lowest BCUT2D eigenvalue weighted by molar-refractivity contribution is -0.118. The largest absolute Gasteiger partial charge is 0.493 e. The molecule has 1 heterocycles. The van der Waals surface area contributed by atoms with Crippen LogP contribution < -0.4 is 19.5 Å². The topological polar surface area (TPSA) is 69.7 Å². The second kappa shape index (κ2) is 8.26. The summed E-state index contributed by atoms with van der Waals surface area (Å²) in [4.78, 5) is 16.6. The molecular formula is C20H22N2O4S. The van der Waals surface area contributed by atoms with Crippen LogP contribution in [0.3, 0.4) is 0 Å². The van der Waals surface area contributed by atoms with Gasteiger partial charge in [0.2, 0.25) is 0 Å². The Morgan fingerprint density at radius 3 is 2.41 bits per heavy atom. The fraction of sp³-hybridized carbons (Fsp3) is 0.300. The van der Waals surface area contributed by atoms with Crippen LogP contribution in [0.25, 0.3) is 10.2 Å². The molecule has 3 rings (SSSR count). The van der Waals surface area contributed by atoms with Gasteiger partial charge < -0.3 is 14.2 Å². The fourth-order valence-electron chi connectivity index (χ4n) is 2.56. The first kappa shape index (κ1) is 19.0. The van der Waals surface area contributed by atoms with E-state index < -0.39 is 0 Å². The van der Waals surface area contributed by atoms with E-state index in [9.17, 15) is 4.79 Å². The predicted octanol–water partition coefficient (Wildman–Crippen LogP) is 4.45. The normalized spacial score (nSPS) is 10.9. The quantitative estimate of drug-likeness (QED) is 0.649. The first-order chi connectivity index (χ1) is 13.0. The van der Waals surface area contributed by atoms with E-state index >= 15 is 0 Å². The number of hydrogen-bond acceptors (Lipinski definition) is 6. The van der Waals surface area contributed by atoms with Crippen molar-refractivity contribution in [2.75, 3.05) is 26.1 Å². The van der Waals surface area contributed by atoms with Gasteiger partial charge in [0, 0.05) is 12.1 Å². The minimum atomic E-state index is -0.263. The van der Waals surface area contributed by atoms with Crippen LogP contribution in [-0.4, -0.2) is 31.7 Å². The van der Waals surface area contributed by atoms with E-state index in [4.69, 9.17) is 14.2 Å². The summed E-state index contributed by atoms with van der Waals surface area (Å²) in [5, 5.41) is 3.27. The van der Waals surface area contributed by atoms with Gasteiger partial charge in [-0.15, -0.1) is 0 Å². The number of methoxy groups -OCH3 is 2. The Bertz CT molecular complexity index is 894. The number of thiazole rings is 1. The summed E-state index contributed by atoms with van der Waals surface area (Å²) in [5.74, 6) is 2.08. The van der Waals surface area contributed by atoms with Crippen molar-refractivity contribution in [3.05, 3.63) is 42.0 Å². The van der Waals surface area contributed by atoms with Crippen LogP contribution in [0.4, 0.5) is 5.13 Å². The van der Waals surface area contributed by atoms with Gasteiger partial charge in [-0.05, 0) is 23.6 Å². The molecule has 0 saturated heterocycles. The van der Waals surface area contributed by atoms with Crippen molar-refractivity contribution >= 4 is 32.6 Å². The first-order valence-electron chi connectivity index (χ1n) is 8.55. The van der Waals surface area contributed by atoms with Crippen LogP contribution >= 0.6 is 11.3 Å². The fourth-order valence-corrected chi connectivity index (χ4v) is 3.45. The summed E-state index contributed by atoms with van der Waals surface area (Å²) in [5.41, 5.74) is 1.96. The highest BCUT2D eigenvalue weighted by Gasteiger charge is 2.13. The number of hydrogen-bond donors (Lipinski definition) is 1. The van der Waals surface area contributed by atoms with Gasteiger partial charge in [0.05, 0.1) is 24.4 Å². The maximum Gasteiger partial charge on any atom is 0.264 e. The Morgan fingerprint density at radius 2 is 1.78 bits per heavy atom. The lowest BCUT2D eigenvalue weighted by Gasteiger charge is -2.08. The zero-order valence-corrected chi connectivity index (χ0v) is 16.6. The third-order valence-corrected chi connectivity index (χ3v) is 4.99. The van der Waals surface area contributed by atoms with Gasteiger partial charge >= 0.3 is 0 Å². The summed E-state index contributed by atoms with van der Waals surface area (Å²) < 4.78 is 17.0.